The third kappa shape index (κ3) is 5.21. The first-order chi connectivity index (χ1) is 13.3. The fraction of sp³-hybridized carbons (Fsp3) is 0.263. The number of halogens is 2. The van der Waals surface area contributed by atoms with Gasteiger partial charge in [-0.25, -0.2) is 0 Å². The highest BCUT2D eigenvalue weighted by Gasteiger charge is 2.26. The van der Waals surface area contributed by atoms with Crippen molar-refractivity contribution in [2.24, 2.45) is 10.2 Å². The Morgan fingerprint density at radius 3 is 2.18 bits per heavy atom. The zero-order valence-electron chi connectivity index (χ0n) is 15.7. The number of hydrogen-bond donors (Lipinski definition) is 1. The van der Waals surface area contributed by atoms with E-state index >= 15 is 0 Å². The Morgan fingerprint density at radius 1 is 1.07 bits per heavy atom. The van der Waals surface area contributed by atoms with Crippen molar-refractivity contribution in [1.82, 2.24) is 0 Å². The molecule has 28 heavy (non-hydrogen) atoms. The van der Waals surface area contributed by atoms with Crippen LogP contribution in [0.15, 0.2) is 40.6 Å². The van der Waals surface area contributed by atoms with Crippen LogP contribution < -0.4 is 14.8 Å². The standard InChI is InChI=1S/C19H19Cl2N3O4/c1-10-7-13(5-6-14(10)21)23-24-17(11(2)25)19(26)22-18-15(27-3)8-12(20)9-16(18)28-4/h5-9,17H,1-4H3,(H,22,26). The van der Waals surface area contributed by atoms with Crippen LogP contribution in [0.5, 0.6) is 11.5 Å². The Bertz CT molecular complexity index is 906. The molecule has 9 heteroatoms. The van der Waals surface area contributed by atoms with E-state index < -0.39 is 17.7 Å². The van der Waals surface area contributed by atoms with Crippen molar-refractivity contribution >= 4 is 46.3 Å². The molecule has 2 rings (SSSR count). The van der Waals surface area contributed by atoms with Crippen molar-refractivity contribution < 1.29 is 19.1 Å². The Hall–Kier alpha value is -2.64. The summed E-state index contributed by atoms with van der Waals surface area (Å²) in [5.74, 6) is -0.588. The van der Waals surface area contributed by atoms with Crippen LogP contribution in [0.25, 0.3) is 0 Å². The first-order valence-electron chi connectivity index (χ1n) is 8.16. The molecule has 0 fully saturated rings. The van der Waals surface area contributed by atoms with Crippen LogP contribution in [-0.2, 0) is 9.59 Å². The summed E-state index contributed by atoms with van der Waals surface area (Å²) in [5.41, 5.74) is 1.52. The highest BCUT2D eigenvalue weighted by Crippen LogP contribution is 2.38. The van der Waals surface area contributed by atoms with Gasteiger partial charge >= 0.3 is 0 Å². The van der Waals surface area contributed by atoms with E-state index in [4.69, 9.17) is 32.7 Å². The molecule has 0 saturated heterocycles. The first kappa shape index (κ1) is 21.7. The fourth-order valence-electron chi connectivity index (χ4n) is 2.33. The summed E-state index contributed by atoms with van der Waals surface area (Å²) >= 11 is 12.0. The van der Waals surface area contributed by atoms with E-state index in [1.54, 1.807) is 18.2 Å². The molecule has 1 unspecified atom stereocenters. The van der Waals surface area contributed by atoms with Crippen molar-refractivity contribution in [3.63, 3.8) is 0 Å². The number of rotatable bonds is 7. The second-order valence-corrected chi connectivity index (χ2v) is 6.68. The zero-order chi connectivity index (χ0) is 20.8. The average molecular weight is 424 g/mol. The third-order valence-corrected chi connectivity index (χ3v) is 4.42. The molecule has 2 aromatic rings. The number of carbonyl (C=O) groups excluding carboxylic acids is 2. The van der Waals surface area contributed by atoms with Crippen LogP contribution in [0, 0.1) is 6.92 Å². The molecule has 1 atom stereocenters. The topological polar surface area (TPSA) is 89.3 Å². The van der Waals surface area contributed by atoms with Crippen molar-refractivity contribution in [2.45, 2.75) is 19.9 Å². The van der Waals surface area contributed by atoms with E-state index in [1.807, 2.05) is 6.92 Å². The lowest BCUT2D eigenvalue weighted by atomic mass is 10.2. The number of azo groups is 1. The molecule has 0 radical (unpaired) electrons. The van der Waals surface area contributed by atoms with E-state index in [0.29, 0.717) is 15.7 Å². The lowest BCUT2D eigenvalue weighted by Crippen LogP contribution is -2.32. The number of Topliss-reactive ketones (excluding diaryl/α,β-unsaturated/α-hetero) is 1. The smallest absolute Gasteiger partial charge is 0.259 e. The minimum absolute atomic E-state index is 0.239. The van der Waals surface area contributed by atoms with E-state index in [2.05, 4.69) is 15.5 Å². The number of hydrogen-bond acceptors (Lipinski definition) is 6. The number of anilines is 1. The Morgan fingerprint density at radius 2 is 1.68 bits per heavy atom. The maximum atomic E-state index is 12.7. The van der Waals surface area contributed by atoms with Crippen LogP contribution in [-0.4, -0.2) is 32.0 Å². The van der Waals surface area contributed by atoms with E-state index in [-0.39, 0.29) is 17.2 Å². The largest absolute Gasteiger partial charge is 0.494 e. The highest BCUT2D eigenvalue weighted by atomic mass is 35.5. The molecule has 1 N–H and O–H groups in total. The van der Waals surface area contributed by atoms with Gasteiger partial charge in [0, 0.05) is 22.2 Å². The van der Waals surface area contributed by atoms with Gasteiger partial charge in [0.1, 0.15) is 17.2 Å². The molecule has 0 aliphatic carbocycles. The summed E-state index contributed by atoms with van der Waals surface area (Å²) in [5, 5.41) is 11.5. The number of ether oxygens (including phenoxy) is 2. The second kappa shape index (κ2) is 9.52. The highest BCUT2D eigenvalue weighted by molar-refractivity contribution is 6.31. The Labute approximate surface area is 172 Å². The number of aryl methyl sites for hydroxylation is 1. The second-order valence-electron chi connectivity index (χ2n) is 5.84. The maximum absolute atomic E-state index is 12.7. The molecular formula is C19H19Cl2N3O4. The molecular weight excluding hydrogens is 405 g/mol. The number of benzene rings is 2. The summed E-state index contributed by atoms with van der Waals surface area (Å²) in [6.45, 7) is 3.07. The maximum Gasteiger partial charge on any atom is 0.259 e. The normalized spacial score (nSPS) is 11.9. The number of methoxy groups -OCH3 is 2. The summed E-state index contributed by atoms with van der Waals surface area (Å²) in [6, 6.07) is 6.69. The van der Waals surface area contributed by atoms with Crippen molar-refractivity contribution in [2.75, 3.05) is 19.5 Å². The van der Waals surface area contributed by atoms with Gasteiger partial charge in [0.2, 0.25) is 6.04 Å². The molecule has 1 amide bonds. The van der Waals surface area contributed by atoms with Crippen LogP contribution in [0.2, 0.25) is 10.0 Å². The van der Waals surface area contributed by atoms with E-state index in [0.717, 1.165) is 5.56 Å². The summed E-state index contributed by atoms with van der Waals surface area (Å²) in [6.07, 6.45) is 0. The van der Waals surface area contributed by atoms with Crippen molar-refractivity contribution in [3.8, 4) is 11.5 Å². The quantitative estimate of drug-likeness (QED) is 0.501. The van der Waals surface area contributed by atoms with Gasteiger partial charge in [0.15, 0.2) is 5.78 Å². The predicted octanol–water partition coefficient (Wildman–Crippen LogP) is 5.00. The Kier molecular flexibility index (Phi) is 7.37. The van der Waals surface area contributed by atoms with Crippen molar-refractivity contribution in [1.29, 1.82) is 0 Å². The molecule has 7 nitrogen and oxygen atoms in total. The predicted molar refractivity (Wildman–Crippen MR) is 108 cm³/mol. The number of nitrogens with one attached hydrogen (secondary N) is 1. The van der Waals surface area contributed by atoms with Crippen LogP contribution >= 0.6 is 23.2 Å². The Balaban J connectivity index is 2.30. The number of carbonyl (C=O) groups is 2. The van der Waals surface area contributed by atoms with Gasteiger partial charge < -0.3 is 14.8 Å². The van der Waals surface area contributed by atoms with Crippen molar-refractivity contribution in [3.05, 3.63) is 45.9 Å². The van der Waals surface area contributed by atoms with Crippen LogP contribution in [0.3, 0.4) is 0 Å². The van der Waals surface area contributed by atoms with E-state index in [1.165, 1.54) is 33.3 Å². The SMILES string of the molecule is COc1cc(Cl)cc(OC)c1NC(=O)C(N=Nc1ccc(Cl)c(C)c1)C(C)=O. The molecule has 2 aromatic carbocycles. The molecule has 0 aliphatic rings. The van der Waals surface area contributed by atoms with E-state index in [9.17, 15) is 9.59 Å². The van der Waals surface area contributed by atoms with Crippen LogP contribution in [0.4, 0.5) is 11.4 Å². The summed E-state index contributed by atoms with van der Waals surface area (Å²) < 4.78 is 10.5. The molecule has 0 aliphatic heterocycles. The lowest BCUT2D eigenvalue weighted by molar-refractivity contribution is -0.126. The number of ketones is 1. The summed E-state index contributed by atoms with van der Waals surface area (Å²) in [7, 11) is 2.84. The fourth-order valence-corrected chi connectivity index (χ4v) is 2.64. The van der Waals surface area contributed by atoms with Gasteiger partial charge in [-0.05, 0) is 37.6 Å². The van der Waals surface area contributed by atoms with Crippen LogP contribution in [0.1, 0.15) is 12.5 Å². The van der Waals surface area contributed by atoms with Gasteiger partial charge in [-0.3, -0.25) is 9.59 Å². The van der Waals surface area contributed by atoms with Gasteiger partial charge in [-0.1, -0.05) is 23.2 Å². The molecule has 0 aromatic heterocycles. The summed E-state index contributed by atoms with van der Waals surface area (Å²) in [4.78, 5) is 24.6. The zero-order valence-corrected chi connectivity index (χ0v) is 17.3. The third-order valence-electron chi connectivity index (χ3n) is 3.78. The first-order valence-corrected chi connectivity index (χ1v) is 8.92. The minimum atomic E-state index is -1.35. The monoisotopic (exact) mass is 423 g/mol. The molecule has 0 spiro atoms. The minimum Gasteiger partial charge on any atom is -0.494 e. The average Bonchev–Trinajstić information content (AvgIpc) is 2.65. The van der Waals surface area contributed by atoms with Gasteiger partial charge in [0.05, 0.1) is 19.9 Å². The van der Waals surface area contributed by atoms with Gasteiger partial charge in [-0.2, -0.15) is 10.2 Å². The lowest BCUT2D eigenvalue weighted by Gasteiger charge is -2.16. The molecule has 0 saturated carbocycles. The van der Waals surface area contributed by atoms with Gasteiger partial charge in [-0.15, -0.1) is 0 Å². The van der Waals surface area contributed by atoms with Gasteiger partial charge in [0.25, 0.3) is 5.91 Å². The number of amides is 1. The molecule has 148 valence electrons. The number of nitrogens with zero attached hydrogens (tertiary/aromatic N) is 2. The molecule has 0 bridgehead atoms. The molecule has 0 heterocycles.